The Morgan fingerprint density at radius 3 is 2.79 bits per heavy atom. The van der Waals surface area contributed by atoms with Crippen molar-refractivity contribution in [3.63, 3.8) is 0 Å². The fraction of sp³-hybridized carbons (Fsp3) is 0. The number of halogens is 1. The Kier molecular flexibility index (Phi) is 3.58. The van der Waals surface area contributed by atoms with Crippen LogP contribution in [-0.2, 0) is 0 Å². The maximum Gasteiger partial charge on any atom is 0.296 e. The molecule has 1 heterocycles. The topological polar surface area (TPSA) is 118 Å². The van der Waals surface area contributed by atoms with Crippen LogP contribution in [0.1, 0.15) is 9.80 Å². The highest BCUT2D eigenvalue weighted by atomic mass is 35.5. The number of anilines is 1. The molecule has 0 spiro atoms. The first-order valence-corrected chi connectivity index (χ1v) is 5.95. The summed E-state index contributed by atoms with van der Waals surface area (Å²) in [5.41, 5.74) is -0.729. The Hall–Kier alpha value is -2.26. The Morgan fingerprint density at radius 2 is 2.21 bits per heavy atom. The smallest absolute Gasteiger partial charge is 0.296 e. The Labute approximate surface area is 114 Å². The molecule has 0 bridgehead atoms. The maximum atomic E-state index is 11.8. The van der Waals surface area contributed by atoms with Crippen LogP contribution in [-0.4, -0.2) is 26.1 Å². The van der Waals surface area contributed by atoms with E-state index in [1.165, 1.54) is 12.1 Å². The van der Waals surface area contributed by atoms with Gasteiger partial charge in [0.15, 0.2) is 5.69 Å². The van der Waals surface area contributed by atoms with Gasteiger partial charge in [-0.25, -0.2) is 0 Å². The number of nitro benzene ring substituents is 1. The summed E-state index contributed by atoms with van der Waals surface area (Å²) in [5.74, 6) is -1.16. The normalized spacial score (nSPS) is 10.2. The summed E-state index contributed by atoms with van der Waals surface area (Å²) in [6.45, 7) is 0. The number of nitrogens with zero attached hydrogens (tertiary/aromatic N) is 3. The van der Waals surface area contributed by atoms with Crippen molar-refractivity contribution in [1.82, 2.24) is 10.2 Å². The van der Waals surface area contributed by atoms with Crippen LogP contribution in [0.3, 0.4) is 0 Å². The first-order chi connectivity index (χ1) is 8.99. The fourth-order valence-corrected chi connectivity index (χ4v) is 2.00. The molecule has 2 N–H and O–H groups in total. The quantitative estimate of drug-likeness (QED) is 0.509. The molecule has 0 atom stereocenters. The lowest BCUT2D eigenvalue weighted by Crippen LogP contribution is -2.13. The number of hydrogen-bond acceptors (Lipinski definition) is 7. The lowest BCUT2D eigenvalue weighted by atomic mass is 10.2. The molecule has 98 valence electrons. The third-order valence-electron chi connectivity index (χ3n) is 2.05. The average molecular weight is 301 g/mol. The van der Waals surface area contributed by atoms with Gasteiger partial charge in [-0.05, 0) is 17.7 Å². The molecule has 2 aromatic rings. The van der Waals surface area contributed by atoms with Crippen molar-refractivity contribution >= 4 is 40.2 Å². The lowest BCUT2D eigenvalue weighted by molar-refractivity contribution is -0.384. The molecule has 1 aromatic heterocycles. The van der Waals surface area contributed by atoms with Gasteiger partial charge in [0, 0.05) is 6.07 Å². The van der Waals surface area contributed by atoms with Crippen LogP contribution < -0.4 is 5.32 Å². The lowest BCUT2D eigenvalue weighted by Gasteiger charge is -2.05. The minimum absolute atomic E-state index is 0.0666. The Morgan fingerprint density at radius 1 is 1.47 bits per heavy atom. The molecule has 2 rings (SSSR count). The van der Waals surface area contributed by atoms with Crippen molar-refractivity contribution in [2.45, 2.75) is 0 Å². The van der Waals surface area contributed by atoms with Crippen LogP contribution >= 0.6 is 22.9 Å². The van der Waals surface area contributed by atoms with E-state index in [0.717, 1.165) is 17.4 Å². The first kappa shape index (κ1) is 13.2. The van der Waals surface area contributed by atoms with Gasteiger partial charge in [-0.3, -0.25) is 14.9 Å². The van der Waals surface area contributed by atoms with E-state index >= 15 is 0 Å². The standard InChI is InChI=1S/C9H5ClN4O4S/c10-9-13-12-8(19-9)7(16)11-6-4(14(17)18)2-1-3-5(6)15/h1-3,15H,(H,11,16). The number of aromatic nitrogens is 2. The van der Waals surface area contributed by atoms with Gasteiger partial charge in [0.1, 0.15) is 5.75 Å². The van der Waals surface area contributed by atoms with Gasteiger partial charge in [-0.15, -0.1) is 10.2 Å². The zero-order chi connectivity index (χ0) is 14.0. The van der Waals surface area contributed by atoms with Gasteiger partial charge in [0.25, 0.3) is 11.6 Å². The Bertz CT molecular complexity index is 659. The molecule has 10 heteroatoms. The molecule has 0 aliphatic heterocycles. The third-order valence-corrected chi connectivity index (χ3v) is 3.07. The number of amides is 1. The van der Waals surface area contributed by atoms with Crippen molar-refractivity contribution < 1.29 is 14.8 Å². The maximum absolute atomic E-state index is 11.8. The molecule has 0 saturated heterocycles. The van der Waals surface area contributed by atoms with E-state index in [-0.39, 0.29) is 15.2 Å². The molecule has 1 aromatic carbocycles. The minimum atomic E-state index is -0.742. The highest BCUT2D eigenvalue weighted by Crippen LogP contribution is 2.33. The molecule has 0 fully saturated rings. The predicted molar refractivity (Wildman–Crippen MR) is 67.6 cm³/mol. The van der Waals surface area contributed by atoms with Crippen molar-refractivity contribution in [2.24, 2.45) is 0 Å². The molecular formula is C9H5ClN4O4S. The number of phenols is 1. The summed E-state index contributed by atoms with van der Waals surface area (Å²) in [4.78, 5) is 21.8. The summed E-state index contributed by atoms with van der Waals surface area (Å²) >= 11 is 6.34. The molecular weight excluding hydrogens is 296 g/mol. The number of carbonyl (C=O) groups excluding carboxylic acids is 1. The number of rotatable bonds is 3. The number of carbonyl (C=O) groups is 1. The van der Waals surface area contributed by atoms with Crippen LogP contribution in [0.2, 0.25) is 4.47 Å². The molecule has 1 amide bonds. The largest absolute Gasteiger partial charge is 0.505 e. The van der Waals surface area contributed by atoms with Crippen molar-refractivity contribution in [3.05, 3.63) is 37.8 Å². The van der Waals surface area contributed by atoms with Crippen LogP contribution in [0.4, 0.5) is 11.4 Å². The molecule has 0 aliphatic rings. The van der Waals surface area contributed by atoms with Crippen molar-refractivity contribution in [2.75, 3.05) is 5.32 Å². The zero-order valence-corrected chi connectivity index (χ0v) is 10.6. The van der Waals surface area contributed by atoms with E-state index in [4.69, 9.17) is 11.6 Å². The molecule has 0 unspecified atom stereocenters. The highest BCUT2D eigenvalue weighted by Gasteiger charge is 2.21. The summed E-state index contributed by atoms with van der Waals surface area (Å²) in [5, 5.41) is 29.4. The Balaban J connectivity index is 2.33. The van der Waals surface area contributed by atoms with E-state index in [0.29, 0.717) is 0 Å². The summed E-state index contributed by atoms with van der Waals surface area (Å²) in [6.07, 6.45) is 0. The van der Waals surface area contributed by atoms with Gasteiger partial charge >= 0.3 is 0 Å². The predicted octanol–water partition coefficient (Wildman–Crippen LogP) is 2.06. The average Bonchev–Trinajstić information content (AvgIpc) is 2.78. The number of aromatic hydroxyl groups is 1. The molecule has 19 heavy (non-hydrogen) atoms. The second-order valence-corrected chi connectivity index (χ2v) is 4.80. The first-order valence-electron chi connectivity index (χ1n) is 4.75. The summed E-state index contributed by atoms with van der Waals surface area (Å²) in [6, 6.07) is 3.67. The van der Waals surface area contributed by atoms with E-state index in [1.54, 1.807) is 0 Å². The number of nitrogens with one attached hydrogen (secondary N) is 1. The van der Waals surface area contributed by atoms with Gasteiger partial charge in [0.05, 0.1) is 4.92 Å². The monoisotopic (exact) mass is 300 g/mol. The number of hydrogen-bond donors (Lipinski definition) is 2. The van der Waals surface area contributed by atoms with E-state index < -0.39 is 22.3 Å². The zero-order valence-electron chi connectivity index (χ0n) is 9.03. The summed E-state index contributed by atoms with van der Waals surface area (Å²) < 4.78 is 0.0666. The van der Waals surface area contributed by atoms with E-state index in [9.17, 15) is 20.0 Å². The third kappa shape index (κ3) is 2.77. The fourth-order valence-electron chi connectivity index (χ4n) is 1.27. The van der Waals surface area contributed by atoms with Crippen LogP contribution in [0.25, 0.3) is 0 Å². The van der Waals surface area contributed by atoms with Gasteiger partial charge in [-0.1, -0.05) is 17.4 Å². The van der Waals surface area contributed by atoms with Crippen LogP contribution in [0.5, 0.6) is 5.75 Å². The number of benzene rings is 1. The van der Waals surface area contributed by atoms with E-state index in [2.05, 4.69) is 15.5 Å². The second-order valence-electron chi connectivity index (χ2n) is 3.24. The number of para-hydroxylation sites is 1. The molecule has 0 radical (unpaired) electrons. The highest BCUT2D eigenvalue weighted by molar-refractivity contribution is 7.17. The SMILES string of the molecule is O=C(Nc1c(O)cccc1[N+](=O)[O-])c1nnc(Cl)s1. The van der Waals surface area contributed by atoms with Gasteiger partial charge in [0.2, 0.25) is 9.47 Å². The summed E-state index contributed by atoms with van der Waals surface area (Å²) in [7, 11) is 0. The number of nitro groups is 1. The van der Waals surface area contributed by atoms with Crippen LogP contribution in [0, 0.1) is 10.1 Å². The molecule has 8 nitrogen and oxygen atoms in total. The second kappa shape index (κ2) is 5.16. The molecule has 0 saturated carbocycles. The van der Waals surface area contributed by atoms with Gasteiger partial charge < -0.3 is 10.4 Å². The van der Waals surface area contributed by atoms with Crippen molar-refractivity contribution in [3.8, 4) is 5.75 Å². The van der Waals surface area contributed by atoms with E-state index in [1.807, 2.05) is 0 Å². The van der Waals surface area contributed by atoms with Crippen molar-refractivity contribution in [1.29, 1.82) is 0 Å². The molecule has 0 aliphatic carbocycles. The van der Waals surface area contributed by atoms with Crippen LogP contribution in [0.15, 0.2) is 18.2 Å². The number of phenolic OH excluding ortho intramolecular Hbond substituents is 1. The van der Waals surface area contributed by atoms with Gasteiger partial charge in [-0.2, -0.15) is 0 Å². The minimum Gasteiger partial charge on any atom is -0.505 e.